The van der Waals surface area contributed by atoms with Crippen LogP contribution in [0, 0.1) is 17.3 Å². The lowest BCUT2D eigenvalue weighted by Gasteiger charge is -2.47. The first kappa shape index (κ1) is 10.8. The number of hydrogen-bond donors (Lipinski definition) is 0. The normalized spacial score (nSPS) is 29.3. The molecule has 0 N–H and O–H groups in total. The molecule has 1 heterocycles. The molecule has 1 nitrogen and oxygen atoms in total. The molecule has 1 heteroatoms. The summed E-state index contributed by atoms with van der Waals surface area (Å²) < 4.78 is 0. The molecule has 90 valence electrons. The van der Waals surface area contributed by atoms with Crippen molar-refractivity contribution in [1.29, 1.82) is 0 Å². The molecule has 3 aliphatic rings. The van der Waals surface area contributed by atoms with Crippen LogP contribution in [0.25, 0.3) is 0 Å². The predicted octanol–water partition coefficient (Wildman–Crippen LogP) is 3.46. The second kappa shape index (κ2) is 3.87. The van der Waals surface area contributed by atoms with E-state index < -0.39 is 0 Å². The molecule has 0 bridgehead atoms. The second-order valence-corrected chi connectivity index (χ2v) is 6.66. The zero-order valence-electron chi connectivity index (χ0n) is 10.8. The molecule has 1 saturated carbocycles. The van der Waals surface area contributed by atoms with Crippen molar-refractivity contribution >= 4 is 0 Å². The van der Waals surface area contributed by atoms with Gasteiger partial charge in [-0.1, -0.05) is 25.5 Å². The van der Waals surface area contributed by atoms with Crippen molar-refractivity contribution in [3.8, 4) is 0 Å². The van der Waals surface area contributed by atoms with Crippen LogP contribution in [0.1, 0.15) is 46.0 Å². The molecule has 0 unspecified atom stereocenters. The molecule has 0 atom stereocenters. The van der Waals surface area contributed by atoms with Gasteiger partial charge in [0.1, 0.15) is 0 Å². The molecule has 1 aliphatic heterocycles. The number of piperidine rings is 1. The zero-order valence-corrected chi connectivity index (χ0v) is 10.8. The van der Waals surface area contributed by atoms with E-state index in [1.54, 1.807) is 5.57 Å². The van der Waals surface area contributed by atoms with Crippen molar-refractivity contribution < 1.29 is 0 Å². The average molecular weight is 219 g/mol. The summed E-state index contributed by atoms with van der Waals surface area (Å²) in [6.45, 7) is 8.79. The van der Waals surface area contributed by atoms with Gasteiger partial charge in [-0.25, -0.2) is 0 Å². The summed E-state index contributed by atoms with van der Waals surface area (Å²) in [5, 5.41) is 0. The van der Waals surface area contributed by atoms with Crippen LogP contribution in [0.4, 0.5) is 0 Å². The SMILES string of the molecule is CC(C)C1=CC2(CCN(CC3CC3)CC2)C1. The molecular weight excluding hydrogens is 194 g/mol. The minimum absolute atomic E-state index is 0.639. The van der Waals surface area contributed by atoms with E-state index in [0.29, 0.717) is 5.41 Å². The fraction of sp³-hybridized carbons (Fsp3) is 0.867. The topological polar surface area (TPSA) is 3.24 Å². The highest BCUT2D eigenvalue weighted by Crippen LogP contribution is 2.49. The highest BCUT2D eigenvalue weighted by Gasteiger charge is 2.40. The van der Waals surface area contributed by atoms with E-state index in [9.17, 15) is 0 Å². The highest BCUT2D eigenvalue weighted by molar-refractivity contribution is 5.26. The molecule has 2 fully saturated rings. The molecule has 2 aliphatic carbocycles. The Labute approximate surface area is 99.9 Å². The van der Waals surface area contributed by atoms with E-state index in [2.05, 4.69) is 24.8 Å². The summed E-state index contributed by atoms with van der Waals surface area (Å²) in [5.74, 6) is 1.85. The summed E-state index contributed by atoms with van der Waals surface area (Å²) >= 11 is 0. The number of nitrogens with zero attached hydrogens (tertiary/aromatic N) is 1. The summed E-state index contributed by atoms with van der Waals surface area (Å²) in [4.78, 5) is 2.71. The van der Waals surface area contributed by atoms with Crippen molar-refractivity contribution in [2.45, 2.75) is 46.0 Å². The van der Waals surface area contributed by atoms with Gasteiger partial charge in [-0.3, -0.25) is 0 Å². The monoisotopic (exact) mass is 219 g/mol. The number of rotatable bonds is 3. The van der Waals surface area contributed by atoms with Crippen molar-refractivity contribution in [2.75, 3.05) is 19.6 Å². The van der Waals surface area contributed by atoms with Crippen LogP contribution >= 0.6 is 0 Å². The van der Waals surface area contributed by atoms with Gasteiger partial charge in [0.2, 0.25) is 0 Å². The Morgan fingerprint density at radius 2 is 1.94 bits per heavy atom. The Kier molecular flexibility index (Phi) is 2.62. The van der Waals surface area contributed by atoms with Gasteiger partial charge in [-0.05, 0) is 62.4 Å². The van der Waals surface area contributed by atoms with Crippen molar-refractivity contribution in [3.63, 3.8) is 0 Å². The molecule has 0 aromatic rings. The second-order valence-electron chi connectivity index (χ2n) is 6.66. The Hall–Kier alpha value is -0.300. The molecule has 1 saturated heterocycles. The van der Waals surface area contributed by atoms with Crippen LogP contribution in [-0.2, 0) is 0 Å². The third kappa shape index (κ3) is 2.07. The van der Waals surface area contributed by atoms with Crippen molar-refractivity contribution in [2.24, 2.45) is 17.3 Å². The molecule has 1 spiro atoms. The van der Waals surface area contributed by atoms with Gasteiger partial charge in [-0.15, -0.1) is 0 Å². The third-order valence-electron chi connectivity index (χ3n) is 4.85. The maximum Gasteiger partial charge on any atom is 0.000967 e. The highest BCUT2D eigenvalue weighted by atomic mass is 15.1. The first-order valence-electron chi connectivity index (χ1n) is 7.11. The van der Waals surface area contributed by atoms with Gasteiger partial charge in [0, 0.05) is 6.54 Å². The van der Waals surface area contributed by atoms with Gasteiger partial charge in [0.25, 0.3) is 0 Å². The lowest BCUT2D eigenvalue weighted by molar-refractivity contribution is 0.117. The van der Waals surface area contributed by atoms with Crippen LogP contribution in [0.5, 0.6) is 0 Å². The fourth-order valence-electron chi connectivity index (χ4n) is 3.31. The molecule has 0 amide bonds. The summed E-state index contributed by atoms with van der Waals surface area (Å²) in [7, 11) is 0. The number of allylic oxidation sites excluding steroid dienone is 2. The van der Waals surface area contributed by atoms with Crippen LogP contribution in [-0.4, -0.2) is 24.5 Å². The summed E-state index contributed by atoms with van der Waals surface area (Å²) in [6, 6.07) is 0. The van der Waals surface area contributed by atoms with Crippen LogP contribution < -0.4 is 0 Å². The molecule has 0 radical (unpaired) electrons. The maximum absolute atomic E-state index is 2.71. The van der Waals surface area contributed by atoms with Gasteiger partial charge < -0.3 is 4.90 Å². The molecular formula is C15H25N. The minimum atomic E-state index is 0.639. The average Bonchev–Trinajstić information content (AvgIpc) is 2.99. The van der Waals surface area contributed by atoms with Gasteiger partial charge in [0.15, 0.2) is 0 Å². The van der Waals surface area contributed by atoms with Gasteiger partial charge in [0.05, 0.1) is 0 Å². The van der Waals surface area contributed by atoms with Crippen LogP contribution in [0.2, 0.25) is 0 Å². The van der Waals surface area contributed by atoms with Gasteiger partial charge in [-0.2, -0.15) is 0 Å². The van der Waals surface area contributed by atoms with Gasteiger partial charge >= 0.3 is 0 Å². The van der Waals surface area contributed by atoms with Crippen molar-refractivity contribution in [3.05, 3.63) is 11.6 Å². The van der Waals surface area contributed by atoms with E-state index in [1.807, 2.05) is 0 Å². The van der Waals surface area contributed by atoms with Crippen molar-refractivity contribution in [1.82, 2.24) is 4.90 Å². The third-order valence-corrected chi connectivity index (χ3v) is 4.85. The van der Waals surface area contributed by atoms with E-state index in [1.165, 1.54) is 51.7 Å². The smallest absolute Gasteiger partial charge is 0.000967 e. The Morgan fingerprint density at radius 1 is 1.31 bits per heavy atom. The zero-order chi connectivity index (χ0) is 11.2. The predicted molar refractivity (Wildman–Crippen MR) is 68.4 cm³/mol. The molecule has 16 heavy (non-hydrogen) atoms. The lowest BCUT2D eigenvalue weighted by atomic mass is 9.63. The quantitative estimate of drug-likeness (QED) is 0.657. The van der Waals surface area contributed by atoms with E-state index >= 15 is 0 Å². The van der Waals surface area contributed by atoms with Crippen LogP contribution in [0.15, 0.2) is 11.6 Å². The van der Waals surface area contributed by atoms with E-state index in [0.717, 1.165) is 11.8 Å². The first-order valence-corrected chi connectivity index (χ1v) is 7.11. The van der Waals surface area contributed by atoms with E-state index in [4.69, 9.17) is 0 Å². The van der Waals surface area contributed by atoms with Crippen LogP contribution in [0.3, 0.4) is 0 Å². The first-order chi connectivity index (χ1) is 7.67. The summed E-state index contributed by atoms with van der Waals surface area (Å²) in [6.07, 6.45) is 9.87. The standard InChI is InChI=1S/C15H25N/c1-12(2)14-9-15(10-14)5-7-16(8-6-15)11-13-3-4-13/h9,12-13H,3-8,10-11H2,1-2H3. The summed E-state index contributed by atoms with van der Waals surface area (Å²) in [5.41, 5.74) is 2.36. The molecule has 3 rings (SSSR count). The minimum Gasteiger partial charge on any atom is -0.303 e. The number of hydrogen-bond acceptors (Lipinski definition) is 1. The molecule has 0 aromatic carbocycles. The Balaban J connectivity index is 1.51. The Bertz CT molecular complexity index is 291. The lowest BCUT2D eigenvalue weighted by Crippen LogP contribution is -2.43. The van der Waals surface area contributed by atoms with E-state index in [-0.39, 0.29) is 0 Å². The largest absolute Gasteiger partial charge is 0.303 e. The Morgan fingerprint density at radius 3 is 2.44 bits per heavy atom. The number of likely N-dealkylation sites (tertiary alicyclic amines) is 1. The molecule has 0 aromatic heterocycles. The maximum atomic E-state index is 2.71. The fourth-order valence-corrected chi connectivity index (χ4v) is 3.31.